The molecule has 1 aliphatic carbocycles. The van der Waals surface area contributed by atoms with Crippen LogP contribution in [0.25, 0.3) is 0 Å². The van der Waals surface area contributed by atoms with Crippen molar-refractivity contribution >= 4 is 0 Å². The van der Waals surface area contributed by atoms with Gasteiger partial charge in [-0.15, -0.1) is 0 Å². The Morgan fingerprint density at radius 3 is 2.79 bits per heavy atom. The summed E-state index contributed by atoms with van der Waals surface area (Å²) in [6.07, 6.45) is 8.10. The Kier molecular flexibility index (Phi) is 3.82. The van der Waals surface area contributed by atoms with Gasteiger partial charge in [0.15, 0.2) is 0 Å². The average Bonchev–Trinajstić information content (AvgIpc) is 3.02. The molecule has 0 radical (unpaired) electrons. The number of rotatable bonds is 5. The molecule has 14 heavy (non-hydrogen) atoms. The smallest absolute Gasteiger partial charge is 0.0619 e. The van der Waals surface area contributed by atoms with Crippen molar-refractivity contribution in [2.45, 2.75) is 57.5 Å². The van der Waals surface area contributed by atoms with Crippen molar-refractivity contribution in [1.29, 1.82) is 0 Å². The molecule has 1 heterocycles. The zero-order chi connectivity index (χ0) is 9.80. The van der Waals surface area contributed by atoms with Gasteiger partial charge in [0, 0.05) is 18.7 Å². The number of hydrogen-bond donors (Lipinski definition) is 1. The van der Waals surface area contributed by atoms with Gasteiger partial charge in [0.05, 0.1) is 6.61 Å². The molecular weight excluding hydrogens is 174 g/mol. The highest BCUT2D eigenvalue weighted by Crippen LogP contribution is 2.34. The van der Waals surface area contributed by atoms with Crippen LogP contribution in [-0.4, -0.2) is 25.3 Å². The maximum Gasteiger partial charge on any atom is 0.0619 e. The standard InChI is InChI=1S/C12H23NO/c1-2-4-12(10-6-7-10)13-11-5-3-8-14-9-11/h10-13H,2-9H2,1H3. The summed E-state index contributed by atoms with van der Waals surface area (Å²) in [6, 6.07) is 1.42. The molecule has 1 N–H and O–H groups in total. The average molecular weight is 197 g/mol. The van der Waals surface area contributed by atoms with Crippen LogP contribution in [0.2, 0.25) is 0 Å². The van der Waals surface area contributed by atoms with Gasteiger partial charge >= 0.3 is 0 Å². The van der Waals surface area contributed by atoms with Crippen LogP contribution in [0.4, 0.5) is 0 Å². The summed E-state index contributed by atoms with van der Waals surface area (Å²) in [5, 5.41) is 3.79. The molecule has 0 aromatic heterocycles. The van der Waals surface area contributed by atoms with Crippen molar-refractivity contribution in [2.24, 2.45) is 5.92 Å². The highest BCUT2D eigenvalue weighted by atomic mass is 16.5. The zero-order valence-electron chi connectivity index (χ0n) is 9.30. The fourth-order valence-corrected chi connectivity index (χ4v) is 2.44. The van der Waals surface area contributed by atoms with Gasteiger partial charge in [-0.3, -0.25) is 0 Å². The van der Waals surface area contributed by atoms with Crippen molar-refractivity contribution in [2.75, 3.05) is 13.2 Å². The van der Waals surface area contributed by atoms with Crippen LogP contribution in [0, 0.1) is 5.92 Å². The Morgan fingerprint density at radius 2 is 2.21 bits per heavy atom. The molecule has 2 aliphatic rings. The molecule has 2 rings (SSSR count). The fraction of sp³-hybridized carbons (Fsp3) is 1.00. The van der Waals surface area contributed by atoms with E-state index in [1.807, 2.05) is 0 Å². The van der Waals surface area contributed by atoms with E-state index in [0.717, 1.165) is 25.2 Å². The van der Waals surface area contributed by atoms with Crippen molar-refractivity contribution in [3.05, 3.63) is 0 Å². The molecule has 82 valence electrons. The molecule has 0 aromatic rings. The van der Waals surface area contributed by atoms with Gasteiger partial charge in [-0.05, 0) is 38.0 Å². The van der Waals surface area contributed by atoms with Gasteiger partial charge < -0.3 is 10.1 Å². The Bertz CT molecular complexity index is 162. The number of nitrogens with one attached hydrogen (secondary N) is 1. The Morgan fingerprint density at radius 1 is 1.36 bits per heavy atom. The lowest BCUT2D eigenvalue weighted by atomic mass is 10.0. The van der Waals surface area contributed by atoms with E-state index in [9.17, 15) is 0 Å². The Hall–Kier alpha value is -0.0800. The molecule has 2 nitrogen and oxygen atoms in total. The largest absolute Gasteiger partial charge is 0.380 e. The first-order valence-electron chi connectivity index (χ1n) is 6.24. The summed E-state index contributed by atoms with van der Waals surface area (Å²) in [5.41, 5.74) is 0. The minimum Gasteiger partial charge on any atom is -0.380 e. The minimum atomic E-state index is 0.640. The highest BCUT2D eigenvalue weighted by molar-refractivity contribution is 4.88. The van der Waals surface area contributed by atoms with Crippen LogP contribution in [0.3, 0.4) is 0 Å². The predicted octanol–water partition coefficient (Wildman–Crippen LogP) is 2.33. The summed E-state index contributed by atoms with van der Waals surface area (Å²) in [6.45, 7) is 4.20. The second-order valence-corrected chi connectivity index (χ2v) is 4.81. The van der Waals surface area contributed by atoms with Gasteiger partial charge in [-0.1, -0.05) is 13.3 Å². The van der Waals surface area contributed by atoms with E-state index in [0.29, 0.717) is 6.04 Å². The quantitative estimate of drug-likeness (QED) is 0.730. The second kappa shape index (κ2) is 5.13. The van der Waals surface area contributed by atoms with Gasteiger partial charge in [-0.25, -0.2) is 0 Å². The zero-order valence-corrected chi connectivity index (χ0v) is 9.30. The third-order valence-corrected chi connectivity index (χ3v) is 3.40. The summed E-state index contributed by atoms with van der Waals surface area (Å²) in [4.78, 5) is 0. The molecule has 0 amide bonds. The van der Waals surface area contributed by atoms with E-state index in [-0.39, 0.29) is 0 Å². The van der Waals surface area contributed by atoms with Crippen LogP contribution in [-0.2, 0) is 4.74 Å². The molecule has 2 heteroatoms. The second-order valence-electron chi connectivity index (χ2n) is 4.81. The van der Waals surface area contributed by atoms with E-state index in [4.69, 9.17) is 4.74 Å². The fourth-order valence-electron chi connectivity index (χ4n) is 2.44. The summed E-state index contributed by atoms with van der Waals surface area (Å²) < 4.78 is 5.50. The van der Waals surface area contributed by atoms with E-state index < -0.39 is 0 Å². The predicted molar refractivity (Wildman–Crippen MR) is 58.4 cm³/mol. The van der Waals surface area contributed by atoms with E-state index >= 15 is 0 Å². The number of hydrogen-bond acceptors (Lipinski definition) is 2. The normalized spacial score (nSPS) is 30.2. The van der Waals surface area contributed by atoms with Gasteiger partial charge in [0.1, 0.15) is 0 Å². The number of ether oxygens (including phenoxy) is 1. The third-order valence-electron chi connectivity index (χ3n) is 3.40. The van der Waals surface area contributed by atoms with Crippen molar-refractivity contribution < 1.29 is 4.74 Å². The SMILES string of the molecule is CCCC(NC1CCCOC1)C1CC1. The third kappa shape index (κ3) is 2.96. The lowest BCUT2D eigenvalue weighted by Crippen LogP contribution is -2.44. The van der Waals surface area contributed by atoms with E-state index in [2.05, 4.69) is 12.2 Å². The molecular formula is C12H23NO. The maximum absolute atomic E-state index is 5.50. The van der Waals surface area contributed by atoms with Crippen LogP contribution < -0.4 is 5.32 Å². The Balaban J connectivity index is 1.73. The molecule has 0 bridgehead atoms. The van der Waals surface area contributed by atoms with Gasteiger partial charge in [0.25, 0.3) is 0 Å². The molecule has 1 saturated heterocycles. The van der Waals surface area contributed by atoms with Gasteiger partial charge in [-0.2, -0.15) is 0 Å². The molecule has 1 aliphatic heterocycles. The summed E-state index contributed by atoms with van der Waals surface area (Å²) in [7, 11) is 0. The topological polar surface area (TPSA) is 21.3 Å². The first-order chi connectivity index (χ1) is 6.90. The van der Waals surface area contributed by atoms with Crippen LogP contribution in [0.1, 0.15) is 45.4 Å². The minimum absolute atomic E-state index is 0.640. The summed E-state index contributed by atoms with van der Waals surface area (Å²) in [5.74, 6) is 0.983. The van der Waals surface area contributed by atoms with Crippen LogP contribution >= 0.6 is 0 Å². The molecule has 2 atom stereocenters. The molecule has 0 aromatic carbocycles. The van der Waals surface area contributed by atoms with E-state index in [1.165, 1.54) is 38.5 Å². The monoisotopic (exact) mass is 197 g/mol. The van der Waals surface area contributed by atoms with Crippen molar-refractivity contribution in [1.82, 2.24) is 5.32 Å². The molecule has 1 saturated carbocycles. The van der Waals surface area contributed by atoms with E-state index in [1.54, 1.807) is 0 Å². The van der Waals surface area contributed by atoms with Crippen LogP contribution in [0.5, 0.6) is 0 Å². The first-order valence-corrected chi connectivity index (χ1v) is 6.24. The van der Waals surface area contributed by atoms with Gasteiger partial charge in [0.2, 0.25) is 0 Å². The lowest BCUT2D eigenvalue weighted by molar-refractivity contribution is 0.0647. The summed E-state index contributed by atoms with van der Waals surface area (Å²) >= 11 is 0. The molecule has 2 fully saturated rings. The van der Waals surface area contributed by atoms with Crippen molar-refractivity contribution in [3.8, 4) is 0 Å². The highest BCUT2D eigenvalue weighted by Gasteiger charge is 2.32. The maximum atomic E-state index is 5.50. The van der Waals surface area contributed by atoms with Crippen molar-refractivity contribution in [3.63, 3.8) is 0 Å². The Labute approximate surface area is 87.4 Å². The first kappa shape index (κ1) is 10.4. The molecule has 2 unspecified atom stereocenters. The lowest BCUT2D eigenvalue weighted by Gasteiger charge is -2.28. The van der Waals surface area contributed by atoms with Crippen LogP contribution in [0.15, 0.2) is 0 Å². The molecule has 0 spiro atoms.